The van der Waals surface area contributed by atoms with Crippen molar-refractivity contribution < 1.29 is 47.8 Å². The van der Waals surface area contributed by atoms with Gasteiger partial charge in [0, 0.05) is 40.1 Å². The van der Waals surface area contributed by atoms with Gasteiger partial charge in [0.25, 0.3) is 0 Å². The third-order valence-corrected chi connectivity index (χ3v) is 5.00. The summed E-state index contributed by atoms with van der Waals surface area (Å²) in [5.74, 6) is 0.581. The number of rotatable bonds is 17. The van der Waals surface area contributed by atoms with E-state index in [1.807, 2.05) is 19.9 Å². The summed E-state index contributed by atoms with van der Waals surface area (Å²) in [7, 11) is 5.97. The molecule has 0 fully saturated rings. The van der Waals surface area contributed by atoms with Crippen LogP contribution in [-0.4, -0.2) is 66.5 Å². The van der Waals surface area contributed by atoms with Crippen molar-refractivity contribution >= 4 is 11.9 Å². The van der Waals surface area contributed by atoms with Crippen molar-refractivity contribution in [3.63, 3.8) is 0 Å². The number of hydrogen-bond donors (Lipinski definition) is 1. The highest BCUT2D eigenvalue weighted by molar-refractivity contribution is 6.11. The minimum Gasteiger partial charge on any atom is -0.507 e. The van der Waals surface area contributed by atoms with Gasteiger partial charge in [-0.2, -0.15) is 0 Å². The van der Waals surface area contributed by atoms with Gasteiger partial charge in [-0.15, -0.1) is 0 Å². The van der Waals surface area contributed by atoms with Crippen molar-refractivity contribution in [1.82, 2.24) is 0 Å². The lowest BCUT2D eigenvalue weighted by Crippen LogP contribution is -2.10. The maximum Gasteiger partial charge on any atom is 0.193 e. The number of allylic oxidation sites excluding steroid dienone is 3. The molecule has 208 valence electrons. The molecule has 0 aromatic heterocycles. The predicted molar refractivity (Wildman–Crippen MR) is 141 cm³/mol. The van der Waals surface area contributed by atoms with Crippen molar-refractivity contribution in [3.05, 3.63) is 58.7 Å². The zero-order valence-electron chi connectivity index (χ0n) is 22.7. The van der Waals surface area contributed by atoms with E-state index in [2.05, 4.69) is 0 Å². The molecule has 1 N–H and O–H groups in total. The second kappa shape index (κ2) is 16.3. The first kappa shape index (κ1) is 30.7. The van der Waals surface area contributed by atoms with Crippen LogP contribution in [0.4, 0.5) is 0 Å². The van der Waals surface area contributed by atoms with Crippen LogP contribution in [0.3, 0.4) is 0 Å². The average Bonchev–Trinajstić information content (AvgIpc) is 2.90. The van der Waals surface area contributed by atoms with Crippen LogP contribution in [0.2, 0.25) is 0 Å². The number of phenols is 1. The summed E-state index contributed by atoms with van der Waals surface area (Å²) in [6, 6.07) is 6.52. The molecule has 0 atom stereocenters. The van der Waals surface area contributed by atoms with Gasteiger partial charge in [-0.1, -0.05) is 23.8 Å². The molecule has 2 aromatic rings. The van der Waals surface area contributed by atoms with Crippen molar-refractivity contribution in [2.75, 3.05) is 55.6 Å². The fraction of sp³-hybridized carbons (Fsp3) is 0.393. The summed E-state index contributed by atoms with van der Waals surface area (Å²) in [5, 5.41) is 10.8. The maximum absolute atomic E-state index is 13.4. The van der Waals surface area contributed by atoms with Crippen LogP contribution in [0.15, 0.2) is 42.0 Å². The van der Waals surface area contributed by atoms with E-state index in [1.165, 1.54) is 40.6 Å². The number of phenolic OH excluding ortho intramolecular Hbond substituents is 1. The van der Waals surface area contributed by atoms with Crippen LogP contribution >= 0.6 is 0 Å². The molecule has 0 saturated heterocycles. The molecular weight excluding hydrogens is 496 g/mol. The maximum atomic E-state index is 13.4. The number of carbonyl (C=O) groups is 1. The number of benzene rings is 2. The first-order chi connectivity index (χ1) is 18.4. The van der Waals surface area contributed by atoms with Gasteiger partial charge in [-0.3, -0.25) is 4.79 Å². The molecule has 2 aromatic carbocycles. The smallest absolute Gasteiger partial charge is 0.193 e. The molecule has 2 rings (SSSR count). The first-order valence-electron chi connectivity index (χ1n) is 11.7. The number of carbonyl (C=O) groups excluding carboxylic acids is 1. The molecule has 0 aliphatic carbocycles. The average molecular weight is 533 g/mol. The Kier molecular flexibility index (Phi) is 13.2. The fourth-order valence-electron chi connectivity index (χ4n) is 3.29. The monoisotopic (exact) mass is 532 g/mol. The standard InChI is InChI=1S/C28H36O10/c1-19(2)7-10-21-25(36-16-32-4)14-23(30)27(28(21)38-18-34-6)22(29)11-8-20-9-12-24(35-15-31-3)26(13-20)37-17-33-5/h7-9,11-14,30H,10,15-18H2,1-6H3/b11-8-. The third kappa shape index (κ3) is 9.07. The molecule has 0 radical (unpaired) electrons. The number of hydrogen-bond acceptors (Lipinski definition) is 10. The van der Waals surface area contributed by atoms with Crippen molar-refractivity contribution in [3.8, 4) is 28.7 Å². The normalized spacial score (nSPS) is 10.9. The van der Waals surface area contributed by atoms with E-state index in [0.29, 0.717) is 34.8 Å². The highest BCUT2D eigenvalue weighted by Crippen LogP contribution is 2.40. The topological polar surface area (TPSA) is 111 Å². The quantitative estimate of drug-likeness (QED) is 0.133. The Morgan fingerprint density at radius 2 is 1.37 bits per heavy atom. The highest BCUT2D eigenvalue weighted by Gasteiger charge is 2.24. The predicted octanol–water partition coefficient (Wildman–Crippen LogP) is 4.73. The van der Waals surface area contributed by atoms with Crippen molar-refractivity contribution in [1.29, 1.82) is 0 Å². The summed E-state index contributed by atoms with van der Waals surface area (Å²) in [6.07, 6.45) is 5.28. The molecule has 0 amide bonds. The molecule has 0 heterocycles. The molecular formula is C28H36O10. The summed E-state index contributed by atoms with van der Waals surface area (Å²) in [4.78, 5) is 13.4. The number of ketones is 1. The van der Waals surface area contributed by atoms with Gasteiger partial charge >= 0.3 is 0 Å². The van der Waals surface area contributed by atoms with Crippen LogP contribution in [0, 0.1) is 0 Å². The van der Waals surface area contributed by atoms with E-state index >= 15 is 0 Å². The Labute approximate surface area is 223 Å². The molecule has 0 saturated carbocycles. The SMILES string of the molecule is COCOc1ccc(/C=C\C(=O)c2c(O)cc(OCOC)c(CC=C(C)C)c2OCOC)cc1OCOC. The lowest BCUT2D eigenvalue weighted by Gasteiger charge is -2.19. The number of methoxy groups -OCH3 is 4. The fourth-order valence-corrected chi connectivity index (χ4v) is 3.29. The van der Waals surface area contributed by atoms with E-state index in [9.17, 15) is 9.90 Å². The molecule has 0 unspecified atom stereocenters. The van der Waals surface area contributed by atoms with E-state index in [-0.39, 0.29) is 44.2 Å². The number of ether oxygens (including phenoxy) is 8. The molecule has 10 heteroatoms. The largest absolute Gasteiger partial charge is 0.507 e. The Morgan fingerprint density at radius 1 is 0.789 bits per heavy atom. The lowest BCUT2D eigenvalue weighted by atomic mass is 9.99. The number of aromatic hydroxyl groups is 1. The summed E-state index contributed by atoms with van der Waals surface area (Å²) in [5.41, 5.74) is 2.27. The van der Waals surface area contributed by atoms with E-state index in [4.69, 9.17) is 37.9 Å². The molecule has 0 aliphatic rings. The molecule has 0 aliphatic heterocycles. The lowest BCUT2D eigenvalue weighted by molar-refractivity contribution is 0.0322. The summed E-state index contributed by atoms with van der Waals surface area (Å²) >= 11 is 0. The Balaban J connectivity index is 2.50. The van der Waals surface area contributed by atoms with Gasteiger partial charge in [-0.25, -0.2) is 0 Å². The van der Waals surface area contributed by atoms with Crippen molar-refractivity contribution in [2.24, 2.45) is 0 Å². The Morgan fingerprint density at radius 3 is 1.97 bits per heavy atom. The Hall–Kier alpha value is -3.57. The second-order valence-electron chi connectivity index (χ2n) is 8.17. The molecule has 10 nitrogen and oxygen atoms in total. The van der Waals surface area contributed by atoms with Crippen LogP contribution < -0.4 is 18.9 Å². The van der Waals surface area contributed by atoms with Gasteiger partial charge < -0.3 is 43.0 Å². The minimum absolute atomic E-state index is 0.00938. The van der Waals surface area contributed by atoms with Gasteiger partial charge in [0.1, 0.15) is 22.8 Å². The van der Waals surface area contributed by atoms with E-state index < -0.39 is 5.78 Å². The van der Waals surface area contributed by atoms with E-state index in [0.717, 1.165) is 5.57 Å². The van der Waals surface area contributed by atoms with Crippen LogP contribution in [0.25, 0.3) is 6.08 Å². The van der Waals surface area contributed by atoms with Gasteiger partial charge in [-0.05, 0) is 44.0 Å². The molecule has 0 bridgehead atoms. The van der Waals surface area contributed by atoms with Crippen molar-refractivity contribution in [2.45, 2.75) is 20.3 Å². The molecule has 38 heavy (non-hydrogen) atoms. The highest BCUT2D eigenvalue weighted by atomic mass is 16.7. The van der Waals surface area contributed by atoms with Crippen LogP contribution in [-0.2, 0) is 25.4 Å². The minimum atomic E-state index is -0.482. The van der Waals surface area contributed by atoms with E-state index in [1.54, 1.807) is 24.3 Å². The third-order valence-electron chi connectivity index (χ3n) is 5.00. The van der Waals surface area contributed by atoms with Gasteiger partial charge in [0.15, 0.2) is 44.5 Å². The van der Waals surface area contributed by atoms with Crippen LogP contribution in [0.1, 0.15) is 35.3 Å². The molecule has 0 spiro atoms. The van der Waals surface area contributed by atoms with Gasteiger partial charge in [0.2, 0.25) is 0 Å². The zero-order valence-corrected chi connectivity index (χ0v) is 22.7. The second-order valence-corrected chi connectivity index (χ2v) is 8.17. The first-order valence-corrected chi connectivity index (χ1v) is 11.7. The Bertz CT molecular complexity index is 1100. The zero-order chi connectivity index (χ0) is 27.9. The summed E-state index contributed by atoms with van der Waals surface area (Å²) < 4.78 is 42.6. The van der Waals surface area contributed by atoms with Crippen LogP contribution in [0.5, 0.6) is 28.7 Å². The summed E-state index contributed by atoms with van der Waals surface area (Å²) in [6.45, 7) is 3.78. The van der Waals surface area contributed by atoms with Gasteiger partial charge in [0.05, 0.1) is 0 Å².